The summed E-state index contributed by atoms with van der Waals surface area (Å²) in [5, 5.41) is 3.65. The molecule has 0 bridgehead atoms. The van der Waals surface area contributed by atoms with E-state index in [1.807, 2.05) is 55.5 Å². The van der Waals surface area contributed by atoms with Crippen LogP contribution in [0.3, 0.4) is 0 Å². The molecule has 0 aliphatic carbocycles. The number of rotatable bonds is 6. The Morgan fingerprint density at radius 3 is 2.46 bits per heavy atom. The molecule has 1 aromatic heterocycles. The fourth-order valence-electron chi connectivity index (χ4n) is 2.55. The second-order valence-corrected chi connectivity index (χ2v) is 6.38. The molecule has 1 N–H and O–H groups in total. The Kier molecular flexibility index (Phi) is 5.87. The molecule has 0 radical (unpaired) electrons. The van der Waals surface area contributed by atoms with Crippen LogP contribution in [0.25, 0.3) is 0 Å². The molecule has 0 spiro atoms. The standard InChI is InChI=1S/C21H19ClN2O2/c1-15-4-10-19(11-5-15)26-14-20(25)24-21(17-3-2-12-23-13-17)16-6-8-18(22)9-7-16/h2-13,21H,14H2,1H3,(H,24,25). The molecule has 3 rings (SSSR count). The lowest BCUT2D eigenvalue weighted by Crippen LogP contribution is -2.33. The third-order valence-electron chi connectivity index (χ3n) is 3.92. The minimum absolute atomic E-state index is 0.0621. The van der Waals surface area contributed by atoms with E-state index < -0.39 is 0 Å². The van der Waals surface area contributed by atoms with Gasteiger partial charge in [-0.1, -0.05) is 47.5 Å². The van der Waals surface area contributed by atoms with Gasteiger partial charge in [0.1, 0.15) is 5.75 Å². The monoisotopic (exact) mass is 366 g/mol. The van der Waals surface area contributed by atoms with E-state index in [2.05, 4.69) is 10.3 Å². The van der Waals surface area contributed by atoms with Gasteiger partial charge in [0.15, 0.2) is 6.61 Å². The van der Waals surface area contributed by atoms with Crippen LogP contribution in [0.2, 0.25) is 5.02 Å². The first-order valence-corrected chi connectivity index (χ1v) is 8.64. The maximum atomic E-state index is 12.4. The first-order chi connectivity index (χ1) is 12.6. The van der Waals surface area contributed by atoms with Crippen molar-refractivity contribution < 1.29 is 9.53 Å². The summed E-state index contributed by atoms with van der Waals surface area (Å²) in [6.07, 6.45) is 3.44. The maximum absolute atomic E-state index is 12.4. The summed E-state index contributed by atoms with van der Waals surface area (Å²) >= 11 is 5.98. The van der Waals surface area contributed by atoms with Gasteiger partial charge in [-0.3, -0.25) is 9.78 Å². The molecule has 1 amide bonds. The Bertz CT molecular complexity index is 849. The molecule has 0 saturated heterocycles. The Hall–Kier alpha value is -2.85. The predicted octanol–water partition coefficient (Wildman–Crippen LogP) is 4.33. The van der Waals surface area contributed by atoms with Crippen LogP contribution in [0.15, 0.2) is 73.1 Å². The van der Waals surface area contributed by atoms with Crippen molar-refractivity contribution in [3.63, 3.8) is 0 Å². The normalized spacial score (nSPS) is 11.6. The number of aromatic nitrogens is 1. The summed E-state index contributed by atoms with van der Waals surface area (Å²) in [5.41, 5.74) is 2.95. The van der Waals surface area contributed by atoms with Gasteiger partial charge in [0.25, 0.3) is 5.91 Å². The van der Waals surface area contributed by atoms with Crippen LogP contribution in [0.5, 0.6) is 5.75 Å². The summed E-state index contributed by atoms with van der Waals surface area (Å²) in [7, 11) is 0. The average molecular weight is 367 g/mol. The van der Waals surface area contributed by atoms with E-state index in [0.29, 0.717) is 10.8 Å². The number of halogens is 1. The topological polar surface area (TPSA) is 51.2 Å². The molecule has 132 valence electrons. The minimum atomic E-state index is -0.324. The second-order valence-electron chi connectivity index (χ2n) is 5.94. The molecule has 0 saturated carbocycles. The van der Waals surface area contributed by atoms with Crippen LogP contribution < -0.4 is 10.1 Å². The van der Waals surface area contributed by atoms with Gasteiger partial charge in [-0.2, -0.15) is 0 Å². The Morgan fingerprint density at radius 1 is 1.08 bits per heavy atom. The number of pyridine rings is 1. The van der Waals surface area contributed by atoms with Crippen LogP contribution in [0.1, 0.15) is 22.7 Å². The maximum Gasteiger partial charge on any atom is 0.258 e. The molecule has 1 heterocycles. The van der Waals surface area contributed by atoms with E-state index in [0.717, 1.165) is 16.7 Å². The van der Waals surface area contributed by atoms with Gasteiger partial charge in [0, 0.05) is 17.4 Å². The first kappa shape index (κ1) is 18.0. The fraction of sp³-hybridized carbons (Fsp3) is 0.143. The molecular weight excluding hydrogens is 348 g/mol. The molecule has 4 nitrogen and oxygen atoms in total. The zero-order chi connectivity index (χ0) is 18.4. The second kappa shape index (κ2) is 8.50. The van der Waals surface area contributed by atoms with Crippen LogP contribution in [-0.2, 0) is 4.79 Å². The number of amides is 1. The molecule has 0 aliphatic rings. The number of aryl methyl sites for hydroxylation is 1. The lowest BCUT2D eigenvalue weighted by atomic mass is 10.0. The van der Waals surface area contributed by atoms with Crippen molar-refractivity contribution in [3.8, 4) is 5.75 Å². The summed E-state index contributed by atoms with van der Waals surface area (Å²) in [6, 6.07) is 18.4. The van der Waals surface area contributed by atoms with Gasteiger partial charge < -0.3 is 10.1 Å². The predicted molar refractivity (Wildman–Crippen MR) is 102 cm³/mol. The average Bonchev–Trinajstić information content (AvgIpc) is 2.67. The summed E-state index contributed by atoms with van der Waals surface area (Å²) in [6.45, 7) is 1.94. The number of carbonyl (C=O) groups excluding carboxylic acids is 1. The largest absolute Gasteiger partial charge is 0.484 e. The molecule has 2 aromatic carbocycles. The number of hydrogen-bond donors (Lipinski definition) is 1. The third kappa shape index (κ3) is 4.83. The van der Waals surface area contributed by atoms with Gasteiger partial charge in [-0.15, -0.1) is 0 Å². The highest BCUT2D eigenvalue weighted by Gasteiger charge is 2.17. The Balaban J connectivity index is 1.71. The fourth-order valence-corrected chi connectivity index (χ4v) is 2.67. The van der Waals surface area contributed by atoms with Crippen molar-refractivity contribution in [2.24, 2.45) is 0 Å². The smallest absolute Gasteiger partial charge is 0.258 e. The van der Waals surface area contributed by atoms with Crippen LogP contribution in [0.4, 0.5) is 0 Å². The van der Waals surface area contributed by atoms with E-state index in [9.17, 15) is 4.79 Å². The van der Waals surface area contributed by atoms with Gasteiger partial charge in [0.05, 0.1) is 6.04 Å². The van der Waals surface area contributed by atoms with Crippen molar-refractivity contribution >= 4 is 17.5 Å². The van der Waals surface area contributed by atoms with Crippen molar-refractivity contribution in [2.75, 3.05) is 6.61 Å². The molecule has 0 aliphatic heterocycles. The molecular formula is C21H19ClN2O2. The van der Waals surface area contributed by atoms with Crippen LogP contribution in [-0.4, -0.2) is 17.5 Å². The highest BCUT2D eigenvalue weighted by molar-refractivity contribution is 6.30. The number of benzene rings is 2. The summed E-state index contributed by atoms with van der Waals surface area (Å²) in [4.78, 5) is 16.6. The quantitative estimate of drug-likeness (QED) is 0.706. The van der Waals surface area contributed by atoms with E-state index in [4.69, 9.17) is 16.3 Å². The van der Waals surface area contributed by atoms with E-state index in [1.165, 1.54) is 0 Å². The summed E-state index contributed by atoms with van der Waals surface area (Å²) < 4.78 is 5.57. The Labute approximate surface area is 157 Å². The summed E-state index contributed by atoms with van der Waals surface area (Å²) in [5.74, 6) is 0.449. The number of carbonyl (C=O) groups is 1. The highest BCUT2D eigenvalue weighted by Crippen LogP contribution is 2.23. The first-order valence-electron chi connectivity index (χ1n) is 8.26. The number of ether oxygens (including phenoxy) is 1. The van der Waals surface area contributed by atoms with E-state index in [-0.39, 0.29) is 18.6 Å². The third-order valence-corrected chi connectivity index (χ3v) is 4.17. The zero-order valence-electron chi connectivity index (χ0n) is 14.4. The van der Waals surface area contributed by atoms with Crippen molar-refractivity contribution in [3.05, 3.63) is 94.8 Å². The van der Waals surface area contributed by atoms with Gasteiger partial charge in [0.2, 0.25) is 0 Å². The number of hydrogen-bond acceptors (Lipinski definition) is 3. The Morgan fingerprint density at radius 2 is 1.81 bits per heavy atom. The van der Waals surface area contributed by atoms with Crippen LogP contribution >= 0.6 is 11.6 Å². The van der Waals surface area contributed by atoms with Gasteiger partial charge in [-0.25, -0.2) is 0 Å². The van der Waals surface area contributed by atoms with Gasteiger partial charge >= 0.3 is 0 Å². The lowest BCUT2D eigenvalue weighted by Gasteiger charge is -2.20. The highest BCUT2D eigenvalue weighted by atomic mass is 35.5. The van der Waals surface area contributed by atoms with E-state index >= 15 is 0 Å². The van der Waals surface area contributed by atoms with Crippen molar-refractivity contribution in [1.82, 2.24) is 10.3 Å². The van der Waals surface area contributed by atoms with Gasteiger partial charge in [-0.05, 0) is 48.4 Å². The molecule has 5 heteroatoms. The SMILES string of the molecule is Cc1ccc(OCC(=O)NC(c2ccc(Cl)cc2)c2cccnc2)cc1. The number of nitrogens with one attached hydrogen (secondary N) is 1. The minimum Gasteiger partial charge on any atom is -0.484 e. The molecule has 26 heavy (non-hydrogen) atoms. The molecule has 3 aromatic rings. The molecule has 1 atom stereocenters. The van der Waals surface area contributed by atoms with Crippen molar-refractivity contribution in [2.45, 2.75) is 13.0 Å². The van der Waals surface area contributed by atoms with Crippen molar-refractivity contribution in [1.29, 1.82) is 0 Å². The molecule has 0 fully saturated rings. The van der Waals surface area contributed by atoms with Crippen LogP contribution in [0, 0.1) is 6.92 Å². The number of nitrogens with zero attached hydrogens (tertiary/aromatic N) is 1. The lowest BCUT2D eigenvalue weighted by molar-refractivity contribution is -0.123. The van der Waals surface area contributed by atoms with E-state index in [1.54, 1.807) is 24.5 Å². The zero-order valence-corrected chi connectivity index (χ0v) is 15.1. The molecule has 1 unspecified atom stereocenters.